The molecule has 0 saturated heterocycles. The molecule has 1 aliphatic carbocycles. The van der Waals surface area contributed by atoms with Gasteiger partial charge in [-0.05, 0) is 38.7 Å². The molecule has 2 aliphatic rings. The van der Waals surface area contributed by atoms with Crippen LogP contribution in [0.2, 0.25) is 0 Å². The predicted molar refractivity (Wildman–Crippen MR) is 93.6 cm³/mol. The number of hydrogen-bond donors (Lipinski definition) is 0. The number of non-ortho nitro benzene ring substituents is 1. The minimum absolute atomic E-state index is 0.0614. The molecule has 0 radical (unpaired) electrons. The van der Waals surface area contributed by atoms with Crippen LogP contribution in [0, 0.1) is 16.0 Å². The molecule has 5 nitrogen and oxygen atoms in total. The molecule has 3 rings (SSSR count). The Hall–Kier alpha value is -2.04. The first-order valence-corrected chi connectivity index (χ1v) is 8.75. The Kier molecular flexibility index (Phi) is 4.52. The Bertz CT molecular complexity index is 701. The van der Waals surface area contributed by atoms with Crippen LogP contribution in [0.1, 0.15) is 63.5 Å². The normalized spacial score (nSPS) is 20.2. The van der Waals surface area contributed by atoms with Crippen LogP contribution in [0.3, 0.4) is 0 Å². The molecule has 1 heterocycles. The van der Waals surface area contributed by atoms with Crippen molar-refractivity contribution in [3.05, 3.63) is 39.4 Å². The van der Waals surface area contributed by atoms with E-state index >= 15 is 0 Å². The summed E-state index contributed by atoms with van der Waals surface area (Å²) in [6, 6.07) is 4.94. The van der Waals surface area contributed by atoms with Crippen LogP contribution in [0.15, 0.2) is 23.2 Å². The van der Waals surface area contributed by atoms with E-state index in [1.807, 2.05) is 19.9 Å². The van der Waals surface area contributed by atoms with Gasteiger partial charge in [0.2, 0.25) is 0 Å². The van der Waals surface area contributed by atoms with Crippen molar-refractivity contribution in [2.45, 2.75) is 64.3 Å². The summed E-state index contributed by atoms with van der Waals surface area (Å²) in [7, 11) is 0. The van der Waals surface area contributed by atoms with Gasteiger partial charge in [0.1, 0.15) is 5.78 Å². The van der Waals surface area contributed by atoms with Gasteiger partial charge >= 0.3 is 0 Å². The Morgan fingerprint density at radius 1 is 1.29 bits per heavy atom. The lowest BCUT2D eigenvalue weighted by molar-refractivity contribution is -0.384. The van der Waals surface area contributed by atoms with Gasteiger partial charge < -0.3 is 0 Å². The predicted octanol–water partition coefficient (Wildman–Crippen LogP) is 4.26. The number of carbonyl (C=O) groups is 1. The lowest BCUT2D eigenvalue weighted by Crippen LogP contribution is -2.31. The molecule has 1 saturated carbocycles. The maximum Gasteiger partial charge on any atom is 0.270 e. The standard InChI is InChI=1S/C19H24N2O3/c1-19(2)12-14-8-9-15(21(23)24)10-16(14)17(20-19)11-18(22)13-6-4-3-5-7-13/h8-10,13H,3-7,11-12H2,1-2H3. The van der Waals surface area contributed by atoms with Gasteiger partial charge in [0.05, 0.1) is 16.2 Å². The van der Waals surface area contributed by atoms with Gasteiger partial charge in [-0.1, -0.05) is 25.3 Å². The first-order valence-electron chi connectivity index (χ1n) is 8.75. The fraction of sp³-hybridized carbons (Fsp3) is 0.579. The van der Waals surface area contributed by atoms with E-state index in [2.05, 4.69) is 0 Å². The summed E-state index contributed by atoms with van der Waals surface area (Å²) < 4.78 is 0. The smallest absolute Gasteiger partial charge is 0.270 e. The minimum Gasteiger partial charge on any atom is -0.299 e. The molecule has 0 amide bonds. The van der Waals surface area contributed by atoms with Crippen molar-refractivity contribution in [3.63, 3.8) is 0 Å². The zero-order valence-corrected chi connectivity index (χ0v) is 14.4. The summed E-state index contributed by atoms with van der Waals surface area (Å²) in [5.74, 6) is 0.372. The lowest BCUT2D eigenvalue weighted by atomic mass is 9.81. The quantitative estimate of drug-likeness (QED) is 0.612. The second-order valence-electron chi connectivity index (χ2n) is 7.62. The number of carbonyl (C=O) groups excluding carboxylic acids is 1. The molecule has 0 N–H and O–H groups in total. The highest BCUT2D eigenvalue weighted by molar-refractivity contribution is 6.13. The van der Waals surface area contributed by atoms with Crippen molar-refractivity contribution in [2.24, 2.45) is 10.9 Å². The number of fused-ring (bicyclic) bond motifs is 1. The molecule has 0 unspecified atom stereocenters. The molecule has 24 heavy (non-hydrogen) atoms. The molecule has 1 fully saturated rings. The maximum atomic E-state index is 12.7. The fourth-order valence-electron chi connectivity index (χ4n) is 3.90. The van der Waals surface area contributed by atoms with E-state index in [9.17, 15) is 14.9 Å². The third-order valence-corrected chi connectivity index (χ3v) is 5.08. The van der Waals surface area contributed by atoms with Crippen molar-refractivity contribution in [2.75, 3.05) is 0 Å². The molecule has 5 heteroatoms. The molecule has 0 spiro atoms. The van der Waals surface area contributed by atoms with Gasteiger partial charge in [-0.25, -0.2) is 0 Å². The van der Waals surface area contributed by atoms with Gasteiger partial charge in [-0.15, -0.1) is 0 Å². The SMILES string of the molecule is CC1(C)Cc2ccc([N+](=O)[O-])cc2C(CC(=O)C2CCCCC2)=N1. The number of nitrogens with zero attached hydrogens (tertiary/aromatic N) is 2. The van der Waals surface area contributed by atoms with Gasteiger partial charge in [-0.3, -0.25) is 19.9 Å². The summed E-state index contributed by atoms with van der Waals surface area (Å²) in [6.07, 6.45) is 6.43. The molecule has 0 aromatic heterocycles. The van der Waals surface area contributed by atoms with E-state index in [-0.39, 0.29) is 27.9 Å². The van der Waals surface area contributed by atoms with Gasteiger partial charge in [-0.2, -0.15) is 0 Å². The largest absolute Gasteiger partial charge is 0.299 e. The average molecular weight is 328 g/mol. The second-order valence-corrected chi connectivity index (χ2v) is 7.62. The third-order valence-electron chi connectivity index (χ3n) is 5.08. The maximum absolute atomic E-state index is 12.7. The number of hydrogen-bond acceptors (Lipinski definition) is 4. The summed E-state index contributed by atoms with van der Waals surface area (Å²) >= 11 is 0. The molecule has 0 atom stereocenters. The number of aliphatic imine (C=N–C) groups is 1. The number of rotatable bonds is 4. The number of ketones is 1. The highest BCUT2D eigenvalue weighted by Crippen LogP contribution is 2.32. The summed E-state index contributed by atoms with van der Waals surface area (Å²) in [6.45, 7) is 4.09. The number of benzene rings is 1. The second kappa shape index (κ2) is 6.46. The molecule has 1 aromatic carbocycles. The van der Waals surface area contributed by atoms with E-state index in [4.69, 9.17) is 4.99 Å². The van der Waals surface area contributed by atoms with E-state index in [1.54, 1.807) is 12.1 Å². The fourth-order valence-corrected chi connectivity index (χ4v) is 3.90. The van der Waals surface area contributed by atoms with E-state index in [0.29, 0.717) is 6.42 Å². The van der Waals surface area contributed by atoms with E-state index in [1.165, 1.54) is 6.42 Å². The highest BCUT2D eigenvalue weighted by atomic mass is 16.6. The average Bonchev–Trinajstić information content (AvgIpc) is 2.54. The van der Waals surface area contributed by atoms with Crippen molar-refractivity contribution in [1.82, 2.24) is 0 Å². The number of nitro benzene ring substituents is 1. The zero-order chi connectivity index (χ0) is 17.3. The third kappa shape index (κ3) is 3.55. The highest BCUT2D eigenvalue weighted by Gasteiger charge is 2.30. The first kappa shape index (κ1) is 16.8. The van der Waals surface area contributed by atoms with Crippen LogP contribution < -0.4 is 0 Å². The lowest BCUT2D eigenvalue weighted by Gasteiger charge is -2.29. The molecular weight excluding hydrogens is 304 g/mol. The Balaban J connectivity index is 1.90. The Morgan fingerprint density at radius 3 is 2.67 bits per heavy atom. The molecule has 1 aliphatic heterocycles. The first-order chi connectivity index (χ1) is 11.4. The number of Topliss-reactive ketones (excluding diaryl/α,β-unsaturated/α-hetero) is 1. The van der Waals surface area contributed by atoms with E-state index < -0.39 is 0 Å². The minimum atomic E-state index is -0.388. The number of nitro groups is 1. The summed E-state index contributed by atoms with van der Waals surface area (Å²) in [5.41, 5.74) is 2.34. The zero-order valence-electron chi connectivity index (χ0n) is 14.4. The van der Waals surface area contributed by atoms with E-state index in [0.717, 1.165) is 48.9 Å². The monoisotopic (exact) mass is 328 g/mol. The van der Waals surface area contributed by atoms with Crippen LogP contribution >= 0.6 is 0 Å². The molecule has 128 valence electrons. The molecule has 0 bridgehead atoms. The molecule has 1 aromatic rings. The summed E-state index contributed by atoms with van der Waals surface area (Å²) in [4.78, 5) is 28.2. The Labute approximate surface area is 142 Å². The molecular formula is C19H24N2O3. The summed E-state index contributed by atoms with van der Waals surface area (Å²) in [5, 5.41) is 11.1. The van der Waals surface area contributed by atoms with Crippen LogP contribution in [0.5, 0.6) is 0 Å². The van der Waals surface area contributed by atoms with Crippen molar-refractivity contribution in [3.8, 4) is 0 Å². The van der Waals surface area contributed by atoms with Gasteiger partial charge in [0.15, 0.2) is 0 Å². The van der Waals surface area contributed by atoms with Crippen LogP contribution in [-0.4, -0.2) is 22.0 Å². The van der Waals surface area contributed by atoms with Crippen molar-refractivity contribution >= 4 is 17.2 Å². The Morgan fingerprint density at radius 2 is 2.00 bits per heavy atom. The topological polar surface area (TPSA) is 72.6 Å². The van der Waals surface area contributed by atoms with Gasteiger partial charge in [0.25, 0.3) is 5.69 Å². The van der Waals surface area contributed by atoms with Crippen LogP contribution in [-0.2, 0) is 11.2 Å². The van der Waals surface area contributed by atoms with Crippen LogP contribution in [0.25, 0.3) is 0 Å². The van der Waals surface area contributed by atoms with Crippen LogP contribution in [0.4, 0.5) is 5.69 Å². The van der Waals surface area contributed by atoms with Crippen molar-refractivity contribution in [1.29, 1.82) is 0 Å². The van der Waals surface area contributed by atoms with Crippen molar-refractivity contribution < 1.29 is 9.72 Å². The van der Waals surface area contributed by atoms with Gasteiger partial charge in [0, 0.05) is 30.0 Å².